The third-order valence-electron chi connectivity index (χ3n) is 4.23. The van der Waals surface area contributed by atoms with Gasteiger partial charge in [-0.25, -0.2) is 4.79 Å². The molecule has 2 atom stereocenters. The van der Waals surface area contributed by atoms with Gasteiger partial charge in [0.2, 0.25) is 11.8 Å². The Kier molecular flexibility index (Phi) is 8.70. The van der Waals surface area contributed by atoms with Gasteiger partial charge in [0, 0.05) is 12.2 Å². The number of rotatable bonds is 10. The summed E-state index contributed by atoms with van der Waals surface area (Å²) in [6.07, 6.45) is 0.625. The van der Waals surface area contributed by atoms with E-state index in [2.05, 4.69) is 5.32 Å². The number of nitrogens with one attached hydrogen (secondary N) is 1. The number of amides is 4. The van der Waals surface area contributed by atoms with Crippen molar-refractivity contribution in [3.05, 3.63) is 29.8 Å². The lowest BCUT2D eigenvalue weighted by Crippen LogP contribution is -2.55. The zero-order valence-electron chi connectivity index (χ0n) is 15.7. The summed E-state index contributed by atoms with van der Waals surface area (Å²) in [5.74, 6) is -1.24. The van der Waals surface area contributed by atoms with E-state index < -0.39 is 29.9 Å². The summed E-state index contributed by atoms with van der Waals surface area (Å²) >= 11 is 0. The standard InChI is InChI=1S/C18H29N5O4/c1-11(2)15(19)17(26)23(13-7-5-12(10-24)6-8-13)14(16(20)25)4-3-9-22-18(21)27/h5-8,11,14-15,24H,3-4,9-10,19H2,1-2H3,(H2,20,25)(H3,21,22,27)/t14-,15-/m0/s1. The number of nitrogens with two attached hydrogens (primary N) is 3. The molecule has 9 heteroatoms. The van der Waals surface area contributed by atoms with E-state index >= 15 is 0 Å². The molecule has 0 saturated heterocycles. The molecule has 27 heavy (non-hydrogen) atoms. The molecule has 1 aromatic carbocycles. The first kappa shape index (κ1) is 22.4. The topological polar surface area (TPSA) is 165 Å². The second kappa shape index (κ2) is 10.5. The maximum absolute atomic E-state index is 13.0. The molecule has 0 radical (unpaired) electrons. The van der Waals surface area contributed by atoms with E-state index in [-0.39, 0.29) is 25.5 Å². The first-order valence-electron chi connectivity index (χ1n) is 8.80. The van der Waals surface area contributed by atoms with Gasteiger partial charge >= 0.3 is 6.03 Å². The van der Waals surface area contributed by atoms with Gasteiger partial charge in [-0.2, -0.15) is 0 Å². The Balaban J connectivity index is 3.15. The Labute approximate surface area is 158 Å². The summed E-state index contributed by atoms with van der Waals surface area (Å²) in [6.45, 7) is 3.73. The van der Waals surface area contributed by atoms with Gasteiger partial charge in [0.15, 0.2) is 0 Å². The minimum atomic E-state index is -0.933. The van der Waals surface area contributed by atoms with Crippen molar-refractivity contribution in [3.63, 3.8) is 0 Å². The van der Waals surface area contributed by atoms with Crippen molar-refractivity contribution < 1.29 is 19.5 Å². The molecule has 150 valence electrons. The molecule has 1 aromatic rings. The highest BCUT2D eigenvalue weighted by molar-refractivity contribution is 6.03. The molecule has 4 amide bonds. The number of primary amides is 2. The largest absolute Gasteiger partial charge is 0.392 e. The van der Waals surface area contributed by atoms with Crippen molar-refractivity contribution in [1.29, 1.82) is 0 Å². The summed E-state index contributed by atoms with van der Waals surface area (Å²) in [5, 5.41) is 11.6. The Morgan fingerprint density at radius 1 is 1.15 bits per heavy atom. The average molecular weight is 379 g/mol. The fourth-order valence-corrected chi connectivity index (χ4v) is 2.57. The molecule has 0 aliphatic heterocycles. The molecule has 0 aliphatic rings. The number of carbonyl (C=O) groups excluding carboxylic acids is 3. The highest BCUT2D eigenvalue weighted by Gasteiger charge is 2.33. The minimum Gasteiger partial charge on any atom is -0.392 e. The molecule has 0 aliphatic carbocycles. The summed E-state index contributed by atoms with van der Waals surface area (Å²) in [7, 11) is 0. The van der Waals surface area contributed by atoms with E-state index in [9.17, 15) is 19.5 Å². The zero-order valence-corrected chi connectivity index (χ0v) is 15.7. The predicted molar refractivity (Wildman–Crippen MR) is 102 cm³/mol. The van der Waals surface area contributed by atoms with Crippen molar-refractivity contribution >= 4 is 23.5 Å². The number of aliphatic hydroxyl groups is 1. The van der Waals surface area contributed by atoms with E-state index in [1.54, 1.807) is 24.3 Å². The van der Waals surface area contributed by atoms with Gasteiger partial charge in [-0.05, 0) is 36.5 Å². The van der Waals surface area contributed by atoms with Crippen molar-refractivity contribution in [2.45, 2.75) is 45.4 Å². The lowest BCUT2D eigenvalue weighted by atomic mass is 10.0. The van der Waals surface area contributed by atoms with Crippen LogP contribution in [0.2, 0.25) is 0 Å². The molecule has 0 aromatic heterocycles. The maximum Gasteiger partial charge on any atom is 0.312 e. The summed E-state index contributed by atoms with van der Waals surface area (Å²) < 4.78 is 0. The predicted octanol–water partition coefficient (Wildman–Crippen LogP) is -0.202. The number of nitrogens with zero attached hydrogens (tertiary/aromatic N) is 1. The van der Waals surface area contributed by atoms with Crippen LogP contribution >= 0.6 is 0 Å². The molecule has 0 unspecified atom stereocenters. The molecular formula is C18H29N5O4. The SMILES string of the molecule is CC(C)[C@H](N)C(=O)N(c1ccc(CO)cc1)[C@@H](CCCNC(N)=O)C(N)=O. The molecule has 0 spiro atoms. The van der Waals surface area contributed by atoms with Crippen LogP contribution in [0.3, 0.4) is 0 Å². The number of carbonyl (C=O) groups is 3. The quantitative estimate of drug-likeness (QED) is 0.355. The third kappa shape index (κ3) is 6.54. The fourth-order valence-electron chi connectivity index (χ4n) is 2.57. The van der Waals surface area contributed by atoms with Crippen LogP contribution in [0.15, 0.2) is 24.3 Å². The van der Waals surface area contributed by atoms with Crippen LogP contribution in [-0.4, -0.2) is 41.6 Å². The Bertz CT molecular complexity index is 648. The molecule has 8 N–H and O–H groups in total. The van der Waals surface area contributed by atoms with E-state index in [0.29, 0.717) is 17.7 Å². The number of aliphatic hydroxyl groups excluding tert-OH is 1. The summed E-state index contributed by atoms with van der Waals surface area (Å²) in [4.78, 5) is 37.2. The van der Waals surface area contributed by atoms with E-state index in [1.807, 2.05) is 13.8 Å². The lowest BCUT2D eigenvalue weighted by Gasteiger charge is -2.33. The van der Waals surface area contributed by atoms with Crippen molar-refractivity contribution in [3.8, 4) is 0 Å². The van der Waals surface area contributed by atoms with Gasteiger partial charge in [-0.3, -0.25) is 14.5 Å². The van der Waals surface area contributed by atoms with Crippen LogP contribution in [0.4, 0.5) is 10.5 Å². The molecule has 0 bridgehead atoms. The summed E-state index contributed by atoms with van der Waals surface area (Å²) in [6, 6.07) is 4.17. The highest BCUT2D eigenvalue weighted by Crippen LogP contribution is 2.23. The molecule has 0 heterocycles. The number of benzene rings is 1. The average Bonchev–Trinajstić information content (AvgIpc) is 2.62. The second-order valence-electron chi connectivity index (χ2n) is 6.65. The fraction of sp³-hybridized carbons (Fsp3) is 0.500. The molecule has 9 nitrogen and oxygen atoms in total. The smallest absolute Gasteiger partial charge is 0.312 e. The zero-order chi connectivity index (χ0) is 20.6. The molecule has 0 fully saturated rings. The Morgan fingerprint density at radius 2 is 1.74 bits per heavy atom. The van der Waals surface area contributed by atoms with Crippen molar-refractivity contribution in [2.75, 3.05) is 11.4 Å². The number of hydrogen-bond acceptors (Lipinski definition) is 5. The van der Waals surface area contributed by atoms with Gasteiger partial charge in [0.1, 0.15) is 6.04 Å². The van der Waals surface area contributed by atoms with Gasteiger partial charge < -0.3 is 27.6 Å². The normalized spacial score (nSPS) is 13.1. The first-order chi connectivity index (χ1) is 12.7. The Morgan fingerprint density at radius 3 is 2.19 bits per heavy atom. The van der Waals surface area contributed by atoms with Gasteiger partial charge in [0.05, 0.1) is 12.6 Å². The van der Waals surface area contributed by atoms with Crippen LogP contribution in [0.25, 0.3) is 0 Å². The van der Waals surface area contributed by atoms with E-state index in [4.69, 9.17) is 17.2 Å². The van der Waals surface area contributed by atoms with E-state index in [0.717, 1.165) is 0 Å². The number of anilines is 1. The maximum atomic E-state index is 13.0. The summed E-state index contributed by atoms with van der Waals surface area (Å²) in [5.41, 5.74) is 17.7. The Hall–Kier alpha value is -2.65. The molecular weight excluding hydrogens is 350 g/mol. The van der Waals surface area contributed by atoms with Crippen LogP contribution in [0, 0.1) is 5.92 Å². The van der Waals surface area contributed by atoms with Crippen molar-refractivity contribution in [2.24, 2.45) is 23.1 Å². The lowest BCUT2D eigenvalue weighted by molar-refractivity contribution is -0.126. The number of hydrogen-bond donors (Lipinski definition) is 5. The number of urea groups is 1. The third-order valence-corrected chi connectivity index (χ3v) is 4.23. The van der Waals surface area contributed by atoms with Gasteiger partial charge in [-0.1, -0.05) is 26.0 Å². The van der Waals surface area contributed by atoms with Crippen LogP contribution in [-0.2, 0) is 16.2 Å². The van der Waals surface area contributed by atoms with Gasteiger partial charge in [-0.15, -0.1) is 0 Å². The molecule has 0 saturated carbocycles. The highest BCUT2D eigenvalue weighted by atomic mass is 16.3. The molecule has 1 rings (SSSR count). The minimum absolute atomic E-state index is 0.137. The first-order valence-corrected chi connectivity index (χ1v) is 8.80. The van der Waals surface area contributed by atoms with Crippen LogP contribution in [0.1, 0.15) is 32.3 Å². The second-order valence-corrected chi connectivity index (χ2v) is 6.65. The van der Waals surface area contributed by atoms with Crippen LogP contribution < -0.4 is 27.4 Å². The van der Waals surface area contributed by atoms with E-state index in [1.165, 1.54) is 4.90 Å². The van der Waals surface area contributed by atoms with Gasteiger partial charge in [0.25, 0.3) is 0 Å². The monoisotopic (exact) mass is 379 g/mol. The van der Waals surface area contributed by atoms with Crippen LogP contribution in [0.5, 0.6) is 0 Å². The van der Waals surface area contributed by atoms with Crippen molar-refractivity contribution in [1.82, 2.24) is 5.32 Å².